The van der Waals surface area contributed by atoms with Crippen molar-refractivity contribution in [1.29, 1.82) is 0 Å². The molecule has 0 rings (SSSR count). The number of hydrogen-bond acceptors (Lipinski definition) is 2. The number of carboxylic acid groups (broad SMARTS) is 1. The van der Waals surface area contributed by atoms with E-state index in [1.54, 1.807) is 0 Å². The lowest BCUT2D eigenvalue weighted by atomic mass is 10.1. The number of carboxylic acids is 1. The SMILES string of the molecule is CCCCCCCCCC(=O)[O-].CCCCC[N+](C)(CCCCC)CCCCC. The first-order valence-corrected chi connectivity index (χ1v) is 13.0. The summed E-state index contributed by atoms with van der Waals surface area (Å²) in [5, 5.41) is 10.0. The van der Waals surface area contributed by atoms with Gasteiger partial charge in [-0.25, -0.2) is 0 Å². The summed E-state index contributed by atoms with van der Waals surface area (Å²) >= 11 is 0. The first-order chi connectivity index (χ1) is 14.0. The molecule has 0 saturated heterocycles. The van der Waals surface area contributed by atoms with Crippen molar-refractivity contribution in [2.45, 2.75) is 137 Å². The maximum absolute atomic E-state index is 10.0. The molecule has 0 aromatic rings. The smallest absolute Gasteiger partial charge is 0.0784 e. The number of unbranched alkanes of at least 4 members (excludes halogenated alkanes) is 12. The molecule has 3 heteroatoms. The van der Waals surface area contributed by atoms with Gasteiger partial charge in [-0.15, -0.1) is 0 Å². The molecule has 0 N–H and O–H groups in total. The third-order valence-corrected chi connectivity index (χ3v) is 5.89. The quantitative estimate of drug-likeness (QED) is 0.161. The van der Waals surface area contributed by atoms with Crippen LogP contribution >= 0.6 is 0 Å². The second kappa shape index (κ2) is 23.7. The van der Waals surface area contributed by atoms with Crippen LogP contribution in [0.4, 0.5) is 0 Å². The van der Waals surface area contributed by atoms with E-state index in [1.165, 1.54) is 114 Å². The maximum Gasteiger partial charge on any atom is 0.0784 e. The predicted octanol–water partition coefficient (Wildman–Crippen LogP) is 6.88. The van der Waals surface area contributed by atoms with Crippen LogP contribution < -0.4 is 5.11 Å². The first-order valence-electron chi connectivity index (χ1n) is 13.0. The van der Waals surface area contributed by atoms with Crippen LogP contribution in [0.3, 0.4) is 0 Å². The zero-order valence-corrected chi connectivity index (χ0v) is 20.9. The highest BCUT2D eigenvalue weighted by Gasteiger charge is 2.19. The molecule has 0 aliphatic heterocycles. The van der Waals surface area contributed by atoms with Crippen LogP contribution in [0.2, 0.25) is 0 Å². The highest BCUT2D eigenvalue weighted by molar-refractivity contribution is 5.63. The van der Waals surface area contributed by atoms with Crippen LogP contribution in [-0.2, 0) is 4.79 Å². The molecule has 0 bridgehead atoms. The average molecular weight is 414 g/mol. The molecule has 0 atom stereocenters. The van der Waals surface area contributed by atoms with Gasteiger partial charge in [0, 0.05) is 5.97 Å². The van der Waals surface area contributed by atoms with Crippen molar-refractivity contribution in [2.24, 2.45) is 0 Å². The van der Waals surface area contributed by atoms with Crippen molar-refractivity contribution in [2.75, 3.05) is 26.7 Å². The average Bonchev–Trinajstić information content (AvgIpc) is 2.68. The van der Waals surface area contributed by atoms with E-state index >= 15 is 0 Å². The van der Waals surface area contributed by atoms with Gasteiger partial charge in [0.15, 0.2) is 0 Å². The molecule has 0 fully saturated rings. The van der Waals surface area contributed by atoms with Gasteiger partial charge in [0.25, 0.3) is 0 Å². The second-order valence-electron chi connectivity index (χ2n) is 9.15. The Kier molecular flexibility index (Phi) is 25.0. The van der Waals surface area contributed by atoms with Gasteiger partial charge in [0.1, 0.15) is 0 Å². The van der Waals surface area contributed by atoms with E-state index in [1.807, 2.05) is 0 Å². The van der Waals surface area contributed by atoms with Crippen molar-refractivity contribution in [1.82, 2.24) is 0 Å². The van der Waals surface area contributed by atoms with Gasteiger partial charge >= 0.3 is 0 Å². The Bertz CT molecular complexity index is 304. The summed E-state index contributed by atoms with van der Waals surface area (Å²) in [6.07, 6.45) is 20.9. The van der Waals surface area contributed by atoms with E-state index in [4.69, 9.17) is 0 Å². The zero-order valence-electron chi connectivity index (χ0n) is 20.9. The summed E-state index contributed by atoms with van der Waals surface area (Å²) < 4.78 is 1.33. The Labute approximate surface area is 184 Å². The number of quaternary nitrogens is 1. The number of carbonyl (C=O) groups is 1. The fraction of sp³-hybridized carbons (Fsp3) is 0.962. The third-order valence-electron chi connectivity index (χ3n) is 5.89. The third kappa shape index (κ3) is 25.4. The van der Waals surface area contributed by atoms with Gasteiger partial charge in [-0.3, -0.25) is 0 Å². The van der Waals surface area contributed by atoms with E-state index in [0.29, 0.717) is 0 Å². The Morgan fingerprint density at radius 1 is 0.552 bits per heavy atom. The number of hydrogen-bond donors (Lipinski definition) is 0. The Morgan fingerprint density at radius 2 is 0.862 bits per heavy atom. The molecule has 0 aliphatic carbocycles. The van der Waals surface area contributed by atoms with E-state index in [2.05, 4.69) is 34.7 Å². The molecular formula is C26H55NO2. The summed E-state index contributed by atoms with van der Waals surface area (Å²) in [5.74, 6) is -0.913. The molecule has 29 heavy (non-hydrogen) atoms. The minimum atomic E-state index is -0.913. The molecule has 0 aliphatic rings. The van der Waals surface area contributed by atoms with Crippen molar-refractivity contribution in [3.8, 4) is 0 Å². The normalized spacial score (nSPS) is 11.2. The summed E-state index contributed by atoms with van der Waals surface area (Å²) in [7, 11) is 2.49. The van der Waals surface area contributed by atoms with Crippen molar-refractivity contribution in [3.63, 3.8) is 0 Å². The van der Waals surface area contributed by atoms with E-state index in [9.17, 15) is 9.90 Å². The first kappa shape index (κ1) is 30.6. The van der Waals surface area contributed by atoms with E-state index in [-0.39, 0.29) is 6.42 Å². The monoisotopic (exact) mass is 413 g/mol. The van der Waals surface area contributed by atoms with Gasteiger partial charge in [-0.2, -0.15) is 0 Å². The van der Waals surface area contributed by atoms with Gasteiger partial charge < -0.3 is 14.4 Å². The number of aliphatic carboxylic acids is 1. The minimum absolute atomic E-state index is 0.230. The van der Waals surface area contributed by atoms with Gasteiger partial charge in [0.2, 0.25) is 0 Å². The lowest BCUT2D eigenvalue weighted by Gasteiger charge is -2.35. The largest absolute Gasteiger partial charge is 0.550 e. The Hall–Kier alpha value is -0.570. The predicted molar refractivity (Wildman–Crippen MR) is 127 cm³/mol. The number of carbonyl (C=O) groups excluding carboxylic acids is 1. The molecule has 0 unspecified atom stereocenters. The summed E-state index contributed by atoms with van der Waals surface area (Å²) in [4.78, 5) is 10.0. The highest BCUT2D eigenvalue weighted by atomic mass is 16.4. The zero-order chi connectivity index (χ0) is 22.2. The molecule has 0 spiro atoms. The van der Waals surface area contributed by atoms with Crippen molar-refractivity contribution >= 4 is 5.97 Å². The van der Waals surface area contributed by atoms with Crippen LogP contribution in [0.25, 0.3) is 0 Å². The molecule has 176 valence electrons. The van der Waals surface area contributed by atoms with Crippen LogP contribution in [0, 0.1) is 0 Å². The molecule has 0 heterocycles. The van der Waals surface area contributed by atoms with Gasteiger partial charge in [-0.05, 0) is 51.4 Å². The molecule has 0 aromatic carbocycles. The molecule has 0 saturated carbocycles. The molecule has 0 radical (unpaired) electrons. The minimum Gasteiger partial charge on any atom is -0.550 e. The van der Waals surface area contributed by atoms with Crippen LogP contribution in [0.15, 0.2) is 0 Å². The molecule has 3 nitrogen and oxygen atoms in total. The maximum atomic E-state index is 10.0. The van der Waals surface area contributed by atoms with Gasteiger partial charge in [0.05, 0.1) is 26.7 Å². The van der Waals surface area contributed by atoms with E-state index < -0.39 is 5.97 Å². The molecule has 0 amide bonds. The van der Waals surface area contributed by atoms with E-state index in [0.717, 1.165) is 12.8 Å². The molecular weight excluding hydrogens is 358 g/mol. The van der Waals surface area contributed by atoms with Crippen LogP contribution in [-0.4, -0.2) is 37.1 Å². The second-order valence-corrected chi connectivity index (χ2v) is 9.15. The number of nitrogens with zero attached hydrogens (tertiary/aromatic N) is 1. The summed E-state index contributed by atoms with van der Waals surface area (Å²) in [5.41, 5.74) is 0. The highest BCUT2D eigenvalue weighted by Crippen LogP contribution is 2.13. The fourth-order valence-electron chi connectivity index (χ4n) is 3.79. The number of rotatable bonds is 20. The molecule has 0 aromatic heterocycles. The Morgan fingerprint density at radius 3 is 1.21 bits per heavy atom. The lowest BCUT2D eigenvalue weighted by Crippen LogP contribution is -2.46. The van der Waals surface area contributed by atoms with Gasteiger partial charge in [-0.1, -0.05) is 85.5 Å². The standard InChI is InChI=1S/C16H36N.C10H20O2/c1-5-8-11-14-17(4,15-12-9-6-2)16-13-10-7-3;1-2-3-4-5-6-7-8-9-10(11)12/h5-16H2,1-4H3;2-9H2,1H3,(H,11,12)/q+1;/p-1. The lowest BCUT2D eigenvalue weighted by molar-refractivity contribution is -0.910. The van der Waals surface area contributed by atoms with Crippen LogP contribution in [0.1, 0.15) is 137 Å². The summed E-state index contributed by atoms with van der Waals surface area (Å²) in [6, 6.07) is 0. The topological polar surface area (TPSA) is 40.1 Å². The Balaban J connectivity index is 0. The van der Waals surface area contributed by atoms with Crippen LogP contribution in [0.5, 0.6) is 0 Å². The van der Waals surface area contributed by atoms with Crippen molar-refractivity contribution in [3.05, 3.63) is 0 Å². The van der Waals surface area contributed by atoms with Crippen molar-refractivity contribution < 1.29 is 14.4 Å². The fourth-order valence-corrected chi connectivity index (χ4v) is 3.79. The summed E-state index contributed by atoms with van der Waals surface area (Å²) in [6.45, 7) is 13.3.